The highest BCUT2D eigenvalue weighted by Crippen LogP contribution is 2.23. The third-order valence-corrected chi connectivity index (χ3v) is 4.98. The van der Waals surface area contributed by atoms with Gasteiger partial charge in [0.2, 0.25) is 0 Å². The highest BCUT2D eigenvalue weighted by atomic mass is 19.1. The minimum Gasteiger partial charge on any atom is -0.489 e. The number of anilines is 1. The summed E-state index contributed by atoms with van der Waals surface area (Å²) in [5.41, 5.74) is 1.15. The van der Waals surface area contributed by atoms with E-state index in [0.29, 0.717) is 11.3 Å². The maximum atomic E-state index is 13.0. The summed E-state index contributed by atoms with van der Waals surface area (Å²) < 4.78 is 18.6. The van der Waals surface area contributed by atoms with E-state index >= 15 is 0 Å². The molecule has 0 aromatic heterocycles. The minimum absolute atomic E-state index is 0.0119. The van der Waals surface area contributed by atoms with Crippen molar-refractivity contribution in [2.45, 2.75) is 6.61 Å². The van der Waals surface area contributed by atoms with E-state index in [1.165, 1.54) is 42.5 Å². The van der Waals surface area contributed by atoms with Gasteiger partial charge in [0.25, 0.3) is 11.8 Å². The maximum absolute atomic E-state index is 13.0. The number of nitrogens with one attached hydrogen (secondary N) is 1. The van der Waals surface area contributed by atoms with Crippen LogP contribution >= 0.6 is 0 Å². The molecule has 4 amide bonds. The first-order chi connectivity index (χ1) is 16.3. The number of hydrogen-bond acceptors (Lipinski definition) is 5. The Hall–Kier alpha value is -4.79. The van der Waals surface area contributed by atoms with Gasteiger partial charge in [0.15, 0.2) is 0 Å². The molecule has 2 N–H and O–H groups in total. The number of carbonyl (C=O) groups excluding carboxylic acids is 3. The number of ether oxygens (including phenoxy) is 1. The fourth-order valence-electron chi connectivity index (χ4n) is 3.22. The number of carboxylic acid groups (broad SMARTS) is 1. The molecule has 8 nitrogen and oxygen atoms in total. The van der Waals surface area contributed by atoms with Crippen LogP contribution < -0.4 is 15.0 Å². The summed E-state index contributed by atoms with van der Waals surface area (Å²) in [4.78, 5) is 49.3. The number of carbonyl (C=O) groups is 4. The van der Waals surface area contributed by atoms with Crippen LogP contribution in [0, 0.1) is 5.82 Å². The first kappa shape index (κ1) is 22.4. The quantitative estimate of drug-likeness (QED) is 0.428. The van der Waals surface area contributed by atoms with Crippen LogP contribution in [-0.2, 0) is 16.2 Å². The fraction of sp³-hybridized carbons (Fsp3) is 0.0400. The summed E-state index contributed by atoms with van der Waals surface area (Å²) in [6, 6.07) is 16.7. The van der Waals surface area contributed by atoms with E-state index in [2.05, 4.69) is 5.32 Å². The van der Waals surface area contributed by atoms with Crippen molar-refractivity contribution in [2.75, 3.05) is 4.90 Å². The Morgan fingerprint density at radius 1 is 0.941 bits per heavy atom. The van der Waals surface area contributed by atoms with Gasteiger partial charge in [-0.05, 0) is 65.7 Å². The van der Waals surface area contributed by atoms with Crippen molar-refractivity contribution in [3.63, 3.8) is 0 Å². The molecule has 9 heteroatoms. The monoisotopic (exact) mass is 460 g/mol. The lowest BCUT2D eigenvalue weighted by molar-refractivity contribution is -0.122. The van der Waals surface area contributed by atoms with Gasteiger partial charge in [0.1, 0.15) is 23.7 Å². The zero-order valence-corrected chi connectivity index (χ0v) is 17.5. The van der Waals surface area contributed by atoms with Crippen LogP contribution in [0.25, 0.3) is 6.08 Å². The van der Waals surface area contributed by atoms with Crippen molar-refractivity contribution < 1.29 is 33.4 Å². The average Bonchev–Trinajstić information content (AvgIpc) is 2.82. The van der Waals surface area contributed by atoms with Crippen molar-refractivity contribution in [1.82, 2.24) is 5.32 Å². The Bertz CT molecular complexity index is 1300. The number of nitrogens with zero attached hydrogens (tertiary/aromatic N) is 1. The molecule has 170 valence electrons. The van der Waals surface area contributed by atoms with Crippen LogP contribution in [-0.4, -0.2) is 28.9 Å². The van der Waals surface area contributed by atoms with Crippen LogP contribution in [0.5, 0.6) is 5.75 Å². The van der Waals surface area contributed by atoms with E-state index in [0.717, 1.165) is 10.5 Å². The zero-order chi connectivity index (χ0) is 24.2. The summed E-state index contributed by atoms with van der Waals surface area (Å²) in [6.45, 7) is 0.235. The van der Waals surface area contributed by atoms with Crippen molar-refractivity contribution in [1.29, 1.82) is 0 Å². The molecule has 4 rings (SSSR count). The number of halogens is 1. The summed E-state index contributed by atoms with van der Waals surface area (Å²) in [7, 11) is 0. The van der Waals surface area contributed by atoms with Gasteiger partial charge in [0, 0.05) is 0 Å². The van der Waals surface area contributed by atoms with Crippen molar-refractivity contribution >= 4 is 35.6 Å². The van der Waals surface area contributed by atoms with Crippen LogP contribution in [0.4, 0.5) is 14.9 Å². The van der Waals surface area contributed by atoms with E-state index in [4.69, 9.17) is 9.84 Å². The molecule has 0 aliphatic carbocycles. The molecular weight excluding hydrogens is 443 g/mol. The van der Waals surface area contributed by atoms with E-state index in [-0.39, 0.29) is 29.2 Å². The van der Waals surface area contributed by atoms with Crippen LogP contribution in [0.1, 0.15) is 21.5 Å². The number of benzene rings is 3. The van der Waals surface area contributed by atoms with Gasteiger partial charge in [-0.3, -0.25) is 14.9 Å². The Morgan fingerprint density at radius 3 is 2.21 bits per heavy atom. The lowest BCUT2D eigenvalue weighted by Gasteiger charge is -2.26. The number of amides is 4. The molecule has 1 heterocycles. The highest BCUT2D eigenvalue weighted by molar-refractivity contribution is 6.39. The van der Waals surface area contributed by atoms with E-state index in [1.807, 2.05) is 0 Å². The van der Waals surface area contributed by atoms with Crippen LogP contribution in [0.2, 0.25) is 0 Å². The molecule has 3 aromatic carbocycles. The first-order valence-electron chi connectivity index (χ1n) is 10.0. The number of urea groups is 1. The lowest BCUT2D eigenvalue weighted by atomic mass is 10.1. The third kappa shape index (κ3) is 4.83. The SMILES string of the molecule is O=C1NC(=O)N(c2ccc(C(=O)O)cc2)C(=O)/C1=C/c1ccc(OCc2ccc(F)cc2)cc1. The molecule has 0 bridgehead atoms. The number of hydrogen-bond donors (Lipinski definition) is 2. The van der Waals surface area contributed by atoms with E-state index < -0.39 is 23.8 Å². The second-order valence-corrected chi connectivity index (χ2v) is 7.29. The van der Waals surface area contributed by atoms with E-state index in [1.54, 1.807) is 36.4 Å². The summed E-state index contributed by atoms with van der Waals surface area (Å²) in [5, 5.41) is 11.1. The second kappa shape index (κ2) is 9.37. The molecule has 1 saturated heterocycles. The normalized spacial score (nSPS) is 14.8. The highest BCUT2D eigenvalue weighted by Gasteiger charge is 2.36. The zero-order valence-electron chi connectivity index (χ0n) is 17.5. The Morgan fingerprint density at radius 2 is 1.59 bits per heavy atom. The van der Waals surface area contributed by atoms with Crippen molar-refractivity contribution in [2.24, 2.45) is 0 Å². The summed E-state index contributed by atoms with van der Waals surface area (Å²) in [6.07, 6.45) is 1.34. The molecule has 1 aliphatic heterocycles. The lowest BCUT2D eigenvalue weighted by Crippen LogP contribution is -2.54. The molecule has 0 atom stereocenters. The number of carboxylic acids is 1. The molecule has 0 spiro atoms. The van der Waals surface area contributed by atoms with E-state index in [9.17, 15) is 23.6 Å². The second-order valence-electron chi connectivity index (χ2n) is 7.29. The fourth-order valence-corrected chi connectivity index (χ4v) is 3.22. The summed E-state index contributed by atoms with van der Waals surface area (Å²) >= 11 is 0. The van der Waals surface area contributed by atoms with Gasteiger partial charge in [0.05, 0.1) is 11.3 Å². The number of aromatic carboxylic acids is 1. The molecule has 1 fully saturated rings. The Balaban J connectivity index is 1.51. The molecule has 0 radical (unpaired) electrons. The van der Waals surface area contributed by atoms with Crippen LogP contribution in [0.3, 0.4) is 0 Å². The van der Waals surface area contributed by atoms with Gasteiger partial charge < -0.3 is 9.84 Å². The van der Waals surface area contributed by atoms with Crippen LogP contribution in [0.15, 0.2) is 78.4 Å². The molecule has 0 unspecified atom stereocenters. The average molecular weight is 460 g/mol. The maximum Gasteiger partial charge on any atom is 0.335 e. The first-order valence-corrected chi connectivity index (χ1v) is 10.0. The summed E-state index contributed by atoms with van der Waals surface area (Å²) in [5.74, 6) is -2.64. The number of rotatable bonds is 6. The Labute approximate surface area is 192 Å². The number of imide groups is 2. The van der Waals surface area contributed by atoms with Gasteiger partial charge in [-0.2, -0.15) is 0 Å². The smallest absolute Gasteiger partial charge is 0.335 e. The third-order valence-electron chi connectivity index (χ3n) is 4.98. The predicted molar refractivity (Wildman–Crippen MR) is 120 cm³/mol. The molecule has 3 aromatic rings. The number of barbiturate groups is 1. The van der Waals surface area contributed by atoms with Crippen molar-refractivity contribution in [3.8, 4) is 5.75 Å². The topological polar surface area (TPSA) is 113 Å². The molecule has 1 aliphatic rings. The van der Waals surface area contributed by atoms with Gasteiger partial charge in [-0.1, -0.05) is 24.3 Å². The van der Waals surface area contributed by atoms with Gasteiger partial charge >= 0.3 is 12.0 Å². The van der Waals surface area contributed by atoms with Gasteiger partial charge in [-0.25, -0.2) is 18.9 Å². The minimum atomic E-state index is -1.15. The standard InChI is InChI=1S/C25H17FN2O6/c26-18-7-1-16(2-8-18)14-34-20-11-3-15(4-12-20)13-21-22(29)27-25(33)28(23(21)30)19-9-5-17(6-10-19)24(31)32/h1-13H,14H2,(H,31,32)(H,27,29,33)/b21-13+. The molecule has 0 saturated carbocycles. The molecule has 34 heavy (non-hydrogen) atoms. The largest absolute Gasteiger partial charge is 0.489 e. The predicted octanol–water partition coefficient (Wildman–Crippen LogP) is 3.77. The van der Waals surface area contributed by atoms with Gasteiger partial charge in [-0.15, -0.1) is 0 Å². The van der Waals surface area contributed by atoms with Crippen molar-refractivity contribution in [3.05, 3.63) is 101 Å². The Kier molecular flexibility index (Phi) is 6.18. The molecular formula is C25H17FN2O6.